The zero-order chi connectivity index (χ0) is 13.5. The first kappa shape index (κ1) is 14.7. The Hall–Kier alpha value is -1.37. The lowest BCUT2D eigenvalue weighted by Crippen LogP contribution is -2.13. The summed E-state index contributed by atoms with van der Waals surface area (Å²) in [5.41, 5.74) is 6.31. The number of aromatic nitrogens is 2. The van der Waals surface area contributed by atoms with E-state index in [0.717, 1.165) is 6.42 Å². The zero-order valence-electron chi connectivity index (χ0n) is 11.0. The van der Waals surface area contributed by atoms with Gasteiger partial charge in [0.25, 0.3) is 0 Å². The van der Waals surface area contributed by atoms with Gasteiger partial charge in [-0.25, -0.2) is 4.98 Å². The normalized spacial score (nSPS) is 12.4. The van der Waals surface area contributed by atoms with Crippen LogP contribution in [-0.4, -0.2) is 38.8 Å². The molecule has 102 valence electrons. The van der Waals surface area contributed by atoms with E-state index in [-0.39, 0.29) is 6.10 Å². The largest absolute Gasteiger partial charge is 0.473 e. The Morgan fingerprint density at radius 2 is 2.22 bits per heavy atom. The summed E-state index contributed by atoms with van der Waals surface area (Å²) in [6.45, 7) is 4.48. The molecule has 3 N–H and O–H groups in total. The van der Waals surface area contributed by atoms with Crippen LogP contribution in [-0.2, 0) is 10.8 Å². The molecule has 18 heavy (non-hydrogen) atoms. The van der Waals surface area contributed by atoms with E-state index in [0.29, 0.717) is 29.7 Å². The standard InChI is InChI=1S/C11H20N4O2S/c1-8(2)17-11-9(12)10(14-7-15-11)13-5-4-6-18(3)16/h7-8H,4-6,12H2,1-3H3,(H,13,14,15). The Morgan fingerprint density at radius 3 is 2.83 bits per heavy atom. The summed E-state index contributed by atoms with van der Waals surface area (Å²) in [5, 5.41) is 3.09. The molecule has 0 saturated carbocycles. The molecule has 0 spiro atoms. The van der Waals surface area contributed by atoms with Crippen molar-refractivity contribution in [3.63, 3.8) is 0 Å². The summed E-state index contributed by atoms with van der Waals surface area (Å²) >= 11 is 0. The molecule has 1 aromatic heterocycles. The summed E-state index contributed by atoms with van der Waals surface area (Å²) in [6.07, 6.45) is 3.91. The van der Waals surface area contributed by atoms with Crippen molar-refractivity contribution in [3.05, 3.63) is 6.33 Å². The number of ether oxygens (including phenoxy) is 1. The average molecular weight is 272 g/mol. The minimum atomic E-state index is -0.770. The highest BCUT2D eigenvalue weighted by atomic mass is 32.2. The third-order valence-corrected chi connectivity index (χ3v) is 2.96. The second kappa shape index (κ2) is 7.15. The highest BCUT2D eigenvalue weighted by molar-refractivity contribution is 7.84. The van der Waals surface area contributed by atoms with Crippen molar-refractivity contribution in [1.82, 2.24) is 9.97 Å². The quantitative estimate of drug-likeness (QED) is 0.720. The molecule has 0 aliphatic heterocycles. The summed E-state index contributed by atoms with van der Waals surface area (Å²) < 4.78 is 16.4. The van der Waals surface area contributed by atoms with Crippen molar-refractivity contribution in [2.75, 3.05) is 29.6 Å². The maximum absolute atomic E-state index is 10.9. The first-order valence-electron chi connectivity index (χ1n) is 5.81. The van der Waals surface area contributed by atoms with E-state index in [2.05, 4.69) is 15.3 Å². The Labute approximate surface area is 110 Å². The first-order chi connectivity index (χ1) is 8.50. The topological polar surface area (TPSA) is 90.1 Å². The first-order valence-corrected chi connectivity index (χ1v) is 7.54. The van der Waals surface area contributed by atoms with Crippen molar-refractivity contribution < 1.29 is 8.95 Å². The molecule has 0 radical (unpaired) electrons. The molecule has 0 aromatic carbocycles. The van der Waals surface area contributed by atoms with Crippen LogP contribution in [0.3, 0.4) is 0 Å². The third kappa shape index (κ3) is 4.87. The molecule has 0 amide bonds. The van der Waals surface area contributed by atoms with Gasteiger partial charge in [0.15, 0.2) is 5.82 Å². The Morgan fingerprint density at radius 1 is 1.50 bits per heavy atom. The van der Waals surface area contributed by atoms with Gasteiger partial charge in [0.2, 0.25) is 5.88 Å². The summed E-state index contributed by atoms with van der Waals surface area (Å²) in [6, 6.07) is 0. The maximum Gasteiger partial charge on any atom is 0.242 e. The number of anilines is 2. The number of hydrogen-bond acceptors (Lipinski definition) is 6. The summed E-state index contributed by atoms with van der Waals surface area (Å²) in [7, 11) is -0.770. The molecular weight excluding hydrogens is 252 g/mol. The van der Waals surface area contributed by atoms with Gasteiger partial charge in [-0.3, -0.25) is 4.21 Å². The molecule has 1 aromatic rings. The molecular formula is C11H20N4O2S. The van der Waals surface area contributed by atoms with Gasteiger partial charge in [-0.1, -0.05) is 0 Å². The molecule has 0 aliphatic rings. The predicted octanol–water partition coefficient (Wildman–Crippen LogP) is 1.03. The fraction of sp³-hybridized carbons (Fsp3) is 0.636. The van der Waals surface area contributed by atoms with E-state index in [1.807, 2.05) is 13.8 Å². The second-order valence-corrected chi connectivity index (χ2v) is 5.72. The van der Waals surface area contributed by atoms with Gasteiger partial charge >= 0.3 is 0 Å². The predicted molar refractivity (Wildman–Crippen MR) is 74.2 cm³/mol. The fourth-order valence-electron chi connectivity index (χ4n) is 1.32. The number of nitrogen functional groups attached to an aromatic ring is 1. The highest BCUT2D eigenvalue weighted by Crippen LogP contribution is 2.25. The Kier molecular flexibility index (Phi) is 5.84. The number of nitrogens with zero attached hydrogens (tertiary/aromatic N) is 2. The van der Waals surface area contributed by atoms with Gasteiger partial charge in [0, 0.05) is 29.4 Å². The van der Waals surface area contributed by atoms with Crippen LogP contribution in [0.4, 0.5) is 11.5 Å². The van der Waals surface area contributed by atoms with E-state index in [1.54, 1.807) is 6.26 Å². The van der Waals surface area contributed by atoms with Crippen molar-refractivity contribution in [1.29, 1.82) is 0 Å². The van der Waals surface area contributed by atoms with Crippen molar-refractivity contribution in [2.24, 2.45) is 0 Å². The Bertz CT molecular complexity index is 412. The van der Waals surface area contributed by atoms with Crippen LogP contribution in [0.2, 0.25) is 0 Å². The Balaban J connectivity index is 2.57. The molecule has 6 nitrogen and oxygen atoms in total. The van der Waals surface area contributed by atoms with E-state index in [4.69, 9.17) is 10.5 Å². The lowest BCUT2D eigenvalue weighted by atomic mass is 10.4. The SMILES string of the molecule is CC(C)Oc1ncnc(NCCCS(C)=O)c1N. The van der Waals surface area contributed by atoms with Crippen molar-refractivity contribution in [3.8, 4) is 5.88 Å². The molecule has 1 unspecified atom stereocenters. The number of hydrogen-bond donors (Lipinski definition) is 2. The second-order valence-electron chi connectivity index (χ2n) is 4.17. The molecule has 0 saturated heterocycles. The van der Waals surface area contributed by atoms with Gasteiger partial charge in [-0.2, -0.15) is 4.98 Å². The van der Waals surface area contributed by atoms with Crippen LogP contribution in [0.1, 0.15) is 20.3 Å². The third-order valence-electron chi connectivity index (χ3n) is 2.10. The molecule has 1 rings (SSSR count). The van der Waals surface area contributed by atoms with E-state index < -0.39 is 10.8 Å². The van der Waals surface area contributed by atoms with E-state index >= 15 is 0 Å². The number of nitrogens with one attached hydrogen (secondary N) is 1. The van der Waals surface area contributed by atoms with Crippen LogP contribution in [0.15, 0.2) is 6.33 Å². The molecule has 0 fully saturated rings. The maximum atomic E-state index is 10.9. The van der Waals surface area contributed by atoms with Gasteiger partial charge in [0.05, 0.1) is 6.10 Å². The average Bonchev–Trinajstić information content (AvgIpc) is 2.28. The zero-order valence-corrected chi connectivity index (χ0v) is 11.8. The van der Waals surface area contributed by atoms with E-state index in [1.165, 1.54) is 6.33 Å². The van der Waals surface area contributed by atoms with Crippen molar-refractivity contribution >= 4 is 22.3 Å². The van der Waals surface area contributed by atoms with E-state index in [9.17, 15) is 4.21 Å². The van der Waals surface area contributed by atoms with Gasteiger partial charge in [-0.05, 0) is 20.3 Å². The summed E-state index contributed by atoms with van der Waals surface area (Å²) in [4.78, 5) is 8.05. The van der Waals surface area contributed by atoms with Crippen LogP contribution in [0.25, 0.3) is 0 Å². The number of rotatable bonds is 7. The van der Waals surface area contributed by atoms with Gasteiger partial charge < -0.3 is 15.8 Å². The van der Waals surface area contributed by atoms with Crippen LogP contribution in [0.5, 0.6) is 5.88 Å². The fourth-order valence-corrected chi connectivity index (χ4v) is 1.87. The minimum Gasteiger partial charge on any atom is -0.473 e. The van der Waals surface area contributed by atoms with Crippen LogP contribution in [0, 0.1) is 0 Å². The molecule has 1 heterocycles. The van der Waals surface area contributed by atoms with Gasteiger partial charge in [-0.15, -0.1) is 0 Å². The van der Waals surface area contributed by atoms with Crippen molar-refractivity contribution in [2.45, 2.75) is 26.4 Å². The van der Waals surface area contributed by atoms with Gasteiger partial charge in [0.1, 0.15) is 12.0 Å². The monoisotopic (exact) mass is 272 g/mol. The minimum absolute atomic E-state index is 0.0116. The lowest BCUT2D eigenvalue weighted by molar-refractivity contribution is 0.234. The highest BCUT2D eigenvalue weighted by Gasteiger charge is 2.10. The molecule has 1 atom stereocenters. The van der Waals surface area contributed by atoms with Crippen LogP contribution >= 0.6 is 0 Å². The molecule has 0 bridgehead atoms. The number of nitrogens with two attached hydrogens (primary N) is 1. The smallest absolute Gasteiger partial charge is 0.242 e. The van der Waals surface area contributed by atoms with Crippen LogP contribution < -0.4 is 15.8 Å². The molecule has 0 aliphatic carbocycles. The summed E-state index contributed by atoms with van der Waals surface area (Å²) in [5.74, 6) is 1.61. The molecule has 7 heteroatoms. The lowest BCUT2D eigenvalue weighted by Gasteiger charge is -2.13.